The summed E-state index contributed by atoms with van der Waals surface area (Å²) in [6.07, 6.45) is 1.39. The predicted molar refractivity (Wildman–Crippen MR) is 28.5 cm³/mol. The zero-order valence-corrected chi connectivity index (χ0v) is 4.33. The van der Waals surface area contributed by atoms with Gasteiger partial charge >= 0.3 is 5.84 Å². The van der Waals surface area contributed by atoms with Gasteiger partial charge in [-0.1, -0.05) is 4.99 Å². The molecule has 1 aliphatic heterocycles. The molecule has 1 aliphatic rings. The highest BCUT2D eigenvalue weighted by atomic mass is 16.6. The van der Waals surface area contributed by atoms with Gasteiger partial charge in [0.15, 0.2) is 0 Å². The minimum absolute atomic E-state index is 0.144. The van der Waals surface area contributed by atoms with Crippen LogP contribution in [-0.4, -0.2) is 17.3 Å². The van der Waals surface area contributed by atoms with Gasteiger partial charge < -0.3 is 10.1 Å². The standard InChI is InChI=1S/C4H6N2O2/c7-6(8)4-2-1-3-5-4/h1-3H2. The first-order valence-electron chi connectivity index (χ1n) is 2.48. The van der Waals surface area contributed by atoms with Crippen LogP contribution in [0.5, 0.6) is 0 Å². The number of hydrogen-bond donors (Lipinski definition) is 0. The van der Waals surface area contributed by atoms with E-state index in [4.69, 9.17) is 0 Å². The maximum absolute atomic E-state index is 9.88. The fourth-order valence-electron chi connectivity index (χ4n) is 0.673. The van der Waals surface area contributed by atoms with Crippen molar-refractivity contribution in [1.82, 2.24) is 0 Å². The number of aliphatic imine (C=N–C) groups is 1. The highest BCUT2D eigenvalue weighted by molar-refractivity contribution is 5.75. The van der Waals surface area contributed by atoms with Crippen LogP contribution in [0.15, 0.2) is 4.99 Å². The topological polar surface area (TPSA) is 55.5 Å². The van der Waals surface area contributed by atoms with E-state index in [0.29, 0.717) is 13.0 Å². The van der Waals surface area contributed by atoms with Gasteiger partial charge in [0.2, 0.25) is 0 Å². The Labute approximate surface area is 46.4 Å². The highest BCUT2D eigenvalue weighted by Crippen LogP contribution is 2.02. The predicted octanol–water partition coefficient (Wildman–Crippen LogP) is 0.455. The molecule has 0 saturated carbocycles. The quantitative estimate of drug-likeness (QED) is 0.339. The molecule has 0 saturated heterocycles. The first-order valence-corrected chi connectivity index (χ1v) is 2.48. The number of nitrogens with zero attached hydrogens (tertiary/aromatic N) is 2. The zero-order valence-electron chi connectivity index (χ0n) is 4.33. The number of nitro groups is 1. The molecule has 0 spiro atoms. The van der Waals surface area contributed by atoms with Crippen molar-refractivity contribution in [2.45, 2.75) is 12.8 Å². The highest BCUT2D eigenvalue weighted by Gasteiger charge is 2.16. The molecule has 0 aromatic heterocycles. The monoisotopic (exact) mass is 114 g/mol. The van der Waals surface area contributed by atoms with Crippen molar-refractivity contribution in [3.05, 3.63) is 10.1 Å². The molecule has 0 unspecified atom stereocenters. The van der Waals surface area contributed by atoms with Crippen LogP contribution in [0.3, 0.4) is 0 Å². The molecule has 0 amide bonds. The molecule has 0 fully saturated rings. The Hall–Kier alpha value is -0.930. The molecule has 0 radical (unpaired) electrons. The summed E-state index contributed by atoms with van der Waals surface area (Å²) in [4.78, 5) is 13.1. The van der Waals surface area contributed by atoms with Gasteiger partial charge in [0, 0.05) is 6.42 Å². The molecule has 0 bridgehead atoms. The van der Waals surface area contributed by atoms with Crippen molar-refractivity contribution in [2.24, 2.45) is 4.99 Å². The second-order valence-electron chi connectivity index (χ2n) is 1.66. The summed E-state index contributed by atoms with van der Waals surface area (Å²) in [6.45, 7) is 0.635. The van der Waals surface area contributed by atoms with Crippen molar-refractivity contribution >= 4 is 5.84 Å². The van der Waals surface area contributed by atoms with Crippen molar-refractivity contribution in [3.8, 4) is 0 Å². The van der Waals surface area contributed by atoms with E-state index in [2.05, 4.69) is 4.99 Å². The van der Waals surface area contributed by atoms with E-state index in [0.717, 1.165) is 6.42 Å². The lowest BCUT2D eigenvalue weighted by molar-refractivity contribution is -0.352. The average Bonchev–Trinajstić information content (AvgIpc) is 2.12. The second kappa shape index (κ2) is 1.90. The number of rotatable bonds is 0. The lowest BCUT2D eigenvalue weighted by Gasteiger charge is -1.86. The first-order chi connectivity index (χ1) is 3.80. The van der Waals surface area contributed by atoms with E-state index >= 15 is 0 Å². The van der Waals surface area contributed by atoms with Crippen molar-refractivity contribution in [2.75, 3.05) is 6.54 Å². The minimum Gasteiger partial charge on any atom is -0.358 e. The smallest absolute Gasteiger partial charge is 0.333 e. The van der Waals surface area contributed by atoms with Gasteiger partial charge in [-0.05, 0) is 4.92 Å². The summed E-state index contributed by atoms with van der Waals surface area (Å²) in [5.41, 5.74) is 0. The van der Waals surface area contributed by atoms with E-state index in [-0.39, 0.29) is 5.84 Å². The van der Waals surface area contributed by atoms with Crippen LogP contribution in [-0.2, 0) is 0 Å². The van der Waals surface area contributed by atoms with Gasteiger partial charge in [0.1, 0.15) is 6.54 Å². The Kier molecular flexibility index (Phi) is 1.24. The molecule has 0 aliphatic carbocycles. The molecule has 0 aromatic carbocycles. The van der Waals surface area contributed by atoms with E-state index < -0.39 is 4.92 Å². The van der Waals surface area contributed by atoms with Gasteiger partial charge in [-0.3, -0.25) is 0 Å². The van der Waals surface area contributed by atoms with Crippen molar-refractivity contribution in [3.63, 3.8) is 0 Å². The Balaban J connectivity index is 2.57. The first kappa shape index (κ1) is 5.21. The molecule has 0 atom stereocenters. The largest absolute Gasteiger partial charge is 0.358 e. The van der Waals surface area contributed by atoms with Crippen LogP contribution in [0.2, 0.25) is 0 Å². The van der Waals surface area contributed by atoms with Gasteiger partial charge in [-0.15, -0.1) is 0 Å². The summed E-state index contributed by atoms with van der Waals surface area (Å²) < 4.78 is 0. The fraction of sp³-hybridized carbons (Fsp3) is 0.750. The van der Waals surface area contributed by atoms with Crippen molar-refractivity contribution < 1.29 is 4.92 Å². The van der Waals surface area contributed by atoms with Crippen LogP contribution < -0.4 is 0 Å². The maximum atomic E-state index is 9.88. The van der Waals surface area contributed by atoms with E-state index in [1.54, 1.807) is 0 Å². The zero-order chi connectivity index (χ0) is 5.98. The van der Waals surface area contributed by atoms with Gasteiger partial charge in [-0.25, -0.2) is 0 Å². The molecule has 1 heterocycles. The molecule has 8 heavy (non-hydrogen) atoms. The summed E-state index contributed by atoms with van der Waals surface area (Å²) in [6, 6.07) is 0. The summed E-state index contributed by atoms with van der Waals surface area (Å²) in [5, 5.41) is 9.88. The Morgan fingerprint density at radius 3 is 2.75 bits per heavy atom. The number of amidine groups is 1. The normalized spacial score (nSPS) is 18.2. The summed E-state index contributed by atoms with van der Waals surface area (Å²) >= 11 is 0. The van der Waals surface area contributed by atoms with E-state index in [9.17, 15) is 10.1 Å². The Morgan fingerprint density at radius 1 is 1.75 bits per heavy atom. The van der Waals surface area contributed by atoms with Crippen LogP contribution in [0, 0.1) is 10.1 Å². The molecular formula is C4H6N2O2. The lowest BCUT2D eigenvalue weighted by Crippen LogP contribution is -2.06. The third-order valence-electron chi connectivity index (χ3n) is 1.06. The molecule has 0 aromatic rings. The maximum Gasteiger partial charge on any atom is 0.333 e. The minimum atomic E-state index is -0.410. The van der Waals surface area contributed by atoms with Gasteiger partial charge in [0.05, 0.1) is 6.42 Å². The van der Waals surface area contributed by atoms with Crippen molar-refractivity contribution in [1.29, 1.82) is 0 Å². The molecule has 44 valence electrons. The molecule has 0 N–H and O–H groups in total. The summed E-state index contributed by atoms with van der Waals surface area (Å²) in [7, 11) is 0. The Morgan fingerprint density at radius 2 is 2.50 bits per heavy atom. The van der Waals surface area contributed by atoms with Crippen LogP contribution in [0.25, 0.3) is 0 Å². The van der Waals surface area contributed by atoms with Gasteiger partial charge in [0.25, 0.3) is 0 Å². The average molecular weight is 114 g/mol. The van der Waals surface area contributed by atoms with E-state index in [1.807, 2.05) is 0 Å². The molecular weight excluding hydrogens is 108 g/mol. The fourth-order valence-corrected chi connectivity index (χ4v) is 0.673. The van der Waals surface area contributed by atoms with Crippen LogP contribution >= 0.6 is 0 Å². The van der Waals surface area contributed by atoms with E-state index in [1.165, 1.54) is 0 Å². The Bertz CT molecular complexity index is 141. The summed E-state index contributed by atoms with van der Waals surface area (Å²) in [5.74, 6) is 0.144. The number of hydrogen-bond acceptors (Lipinski definition) is 3. The second-order valence-corrected chi connectivity index (χ2v) is 1.66. The lowest BCUT2D eigenvalue weighted by atomic mass is 10.3. The molecule has 1 rings (SSSR count). The molecule has 4 nitrogen and oxygen atoms in total. The molecule has 4 heteroatoms. The van der Waals surface area contributed by atoms with Gasteiger partial charge in [-0.2, -0.15) is 0 Å². The third kappa shape index (κ3) is 0.828. The SMILES string of the molecule is O=[N+]([O-])C1=NCCC1. The third-order valence-corrected chi connectivity index (χ3v) is 1.06. The van der Waals surface area contributed by atoms with Crippen LogP contribution in [0.1, 0.15) is 12.8 Å². The van der Waals surface area contributed by atoms with Crippen LogP contribution in [0.4, 0.5) is 0 Å².